The number of aryl methyl sites for hydroxylation is 2. The van der Waals surface area contributed by atoms with E-state index in [2.05, 4.69) is 90.8 Å². The number of aromatic nitrogens is 5. The highest BCUT2D eigenvalue weighted by Crippen LogP contribution is 2.35. The van der Waals surface area contributed by atoms with E-state index in [-0.39, 0.29) is 23.9 Å². The number of benzene rings is 2. The molecule has 0 bridgehead atoms. The molecule has 2 saturated heterocycles. The second-order valence-corrected chi connectivity index (χ2v) is 13.3. The lowest BCUT2D eigenvalue weighted by Gasteiger charge is -2.48. The molecule has 4 atom stereocenters. The van der Waals surface area contributed by atoms with Crippen LogP contribution in [0.25, 0.3) is 22.1 Å². The molecule has 2 aliphatic rings. The van der Waals surface area contributed by atoms with Crippen molar-refractivity contribution in [2.75, 3.05) is 24.6 Å². The maximum Gasteiger partial charge on any atom is 0.253 e. The lowest BCUT2D eigenvalue weighted by Crippen LogP contribution is -2.58. The first-order valence-electron chi connectivity index (χ1n) is 16.8. The average Bonchev–Trinajstić information content (AvgIpc) is 3.53. The first-order chi connectivity index (χ1) is 22.3. The zero-order valence-corrected chi connectivity index (χ0v) is 27.7. The monoisotopic (exact) mass is 619 g/mol. The topological polar surface area (TPSA) is 81.3 Å². The number of piperazine rings is 1. The summed E-state index contributed by atoms with van der Waals surface area (Å²) in [7, 11) is 0. The Bertz CT molecular complexity index is 1920. The minimum absolute atomic E-state index is 0.00170. The van der Waals surface area contributed by atoms with Gasteiger partial charge in [0.05, 0.1) is 35.0 Å². The number of pyridine rings is 1. The molecule has 0 radical (unpaired) electrons. The summed E-state index contributed by atoms with van der Waals surface area (Å²) in [6.45, 7) is 14.0. The Labute approximate surface area is 270 Å². The number of hydrogen-bond acceptors (Lipinski definition) is 7. The molecule has 2 fully saturated rings. The summed E-state index contributed by atoms with van der Waals surface area (Å²) in [5, 5.41) is 5.17. The third-order valence-electron chi connectivity index (χ3n) is 10.3. The first kappa shape index (κ1) is 30.6. The molecule has 3 aromatic heterocycles. The lowest BCUT2D eigenvalue weighted by molar-refractivity contribution is -0.0390. The molecule has 2 aliphatic heterocycles. The van der Waals surface area contributed by atoms with E-state index in [0.29, 0.717) is 12.6 Å². The quantitative estimate of drug-likeness (QED) is 0.204. The van der Waals surface area contributed by atoms with Gasteiger partial charge in [0.25, 0.3) is 5.56 Å². The highest BCUT2D eigenvalue weighted by Gasteiger charge is 2.35. The van der Waals surface area contributed by atoms with Crippen molar-refractivity contribution in [3.05, 3.63) is 93.7 Å². The van der Waals surface area contributed by atoms with Gasteiger partial charge < -0.3 is 14.2 Å². The van der Waals surface area contributed by atoms with E-state index in [1.165, 1.54) is 16.7 Å². The van der Waals surface area contributed by atoms with Crippen molar-refractivity contribution in [1.82, 2.24) is 29.2 Å². The van der Waals surface area contributed by atoms with Crippen LogP contribution in [0.2, 0.25) is 0 Å². The molecular weight excluding hydrogens is 574 g/mol. The number of anilines is 1. The summed E-state index contributed by atoms with van der Waals surface area (Å²) in [5.41, 5.74) is 9.33. The van der Waals surface area contributed by atoms with Crippen LogP contribution in [0.1, 0.15) is 81.0 Å². The fourth-order valence-electron chi connectivity index (χ4n) is 7.36. The van der Waals surface area contributed by atoms with Gasteiger partial charge in [-0.1, -0.05) is 31.2 Å². The summed E-state index contributed by atoms with van der Waals surface area (Å²) >= 11 is 0. The lowest BCUT2D eigenvalue weighted by atomic mass is 9.98. The van der Waals surface area contributed by atoms with Gasteiger partial charge in [0.2, 0.25) is 0 Å². The SMILES string of the molecule is CC[C@@H]1CN(c2cc(=O)n(Cc3ccc(C)c(C)c3)c3cn(C4CCCCO4)nc23)[C@@H](C)CN1C(C)c1ccc2nccnc2c1. The van der Waals surface area contributed by atoms with Crippen LogP contribution in [0, 0.1) is 13.8 Å². The molecule has 46 heavy (non-hydrogen) atoms. The maximum atomic E-state index is 14.0. The van der Waals surface area contributed by atoms with Gasteiger partial charge in [0, 0.05) is 56.3 Å². The highest BCUT2D eigenvalue weighted by molar-refractivity contribution is 5.88. The second kappa shape index (κ2) is 12.6. The van der Waals surface area contributed by atoms with Crippen molar-refractivity contribution in [3.8, 4) is 0 Å². The Kier molecular flexibility index (Phi) is 8.38. The van der Waals surface area contributed by atoms with Crippen molar-refractivity contribution >= 4 is 27.8 Å². The Hall–Kier alpha value is -4.08. The van der Waals surface area contributed by atoms with Gasteiger partial charge in [0.15, 0.2) is 0 Å². The van der Waals surface area contributed by atoms with E-state index in [9.17, 15) is 4.79 Å². The zero-order valence-electron chi connectivity index (χ0n) is 27.7. The number of nitrogens with zero attached hydrogens (tertiary/aromatic N) is 7. The van der Waals surface area contributed by atoms with E-state index in [1.807, 2.05) is 21.5 Å². The minimum atomic E-state index is -0.107. The molecule has 0 spiro atoms. The average molecular weight is 620 g/mol. The molecule has 240 valence electrons. The second-order valence-electron chi connectivity index (χ2n) is 13.3. The minimum Gasteiger partial charge on any atom is -0.364 e. The number of fused-ring (bicyclic) bond motifs is 2. The van der Waals surface area contributed by atoms with Crippen molar-refractivity contribution in [2.24, 2.45) is 0 Å². The van der Waals surface area contributed by atoms with Crippen LogP contribution < -0.4 is 10.5 Å². The Balaban J connectivity index is 1.24. The fraction of sp³-hybridized carbons (Fsp3) is 0.459. The van der Waals surface area contributed by atoms with Crippen LogP contribution in [-0.4, -0.2) is 61.0 Å². The summed E-state index contributed by atoms with van der Waals surface area (Å²) in [4.78, 5) is 28.1. The van der Waals surface area contributed by atoms with Crippen LogP contribution in [-0.2, 0) is 11.3 Å². The van der Waals surface area contributed by atoms with Crippen molar-refractivity contribution < 1.29 is 4.74 Å². The van der Waals surface area contributed by atoms with Gasteiger partial charge in [-0.25, -0.2) is 4.68 Å². The molecule has 0 saturated carbocycles. The molecule has 7 rings (SSSR count). The van der Waals surface area contributed by atoms with Crippen molar-refractivity contribution in [1.29, 1.82) is 0 Å². The van der Waals surface area contributed by atoms with Gasteiger partial charge >= 0.3 is 0 Å². The predicted molar refractivity (Wildman–Crippen MR) is 183 cm³/mol. The first-order valence-corrected chi connectivity index (χ1v) is 16.8. The molecule has 0 amide bonds. The van der Waals surface area contributed by atoms with Gasteiger partial charge in [-0.15, -0.1) is 0 Å². The molecule has 5 heterocycles. The molecular formula is C37H45N7O2. The molecule has 2 aromatic carbocycles. The van der Waals surface area contributed by atoms with E-state index >= 15 is 0 Å². The maximum absolute atomic E-state index is 14.0. The smallest absolute Gasteiger partial charge is 0.253 e. The molecule has 0 N–H and O–H groups in total. The molecule has 9 heteroatoms. The predicted octanol–water partition coefficient (Wildman–Crippen LogP) is 6.56. The summed E-state index contributed by atoms with van der Waals surface area (Å²) in [6.07, 6.45) is 9.54. The molecule has 0 aliphatic carbocycles. The Morgan fingerprint density at radius 2 is 1.80 bits per heavy atom. The van der Waals surface area contributed by atoms with Crippen LogP contribution in [0.4, 0.5) is 5.69 Å². The molecule has 5 aromatic rings. The van der Waals surface area contributed by atoms with Crippen LogP contribution >= 0.6 is 0 Å². The molecule has 2 unspecified atom stereocenters. The van der Waals surface area contributed by atoms with Gasteiger partial charge in [-0.2, -0.15) is 5.10 Å². The zero-order chi connectivity index (χ0) is 31.9. The summed E-state index contributed by atoms with van der Waals surface area (Å²) < 4.78 is 10.00. The van der Waals surface area contributed by atoms with Crippen LogP contribution in [0.3, 0.4) is 0 Å². The highest BCUT2D eigenvalue weighted by atomic mass is 16.5. The van der Waals surface area contributed by atoms with Gasteiger partial charge in [0.1, 0.15) is 11.7 Å². The summed E-state index contributed by atoms with van der Waals surface area (Å²) in [6, 6.07) is 15.4. The standard InChI is InChI=1S/C37H45N7O2/c1-6-30-22-41(26(4)20-42(30)27(5)29-12-13-31-32(18-29)39-15-14-38-31)33-19-35(45)43(21-28-11-10-24(2)25(3)17-28)34-23-44(40-37(33)34)36-9-7-8-16-46-36/h10-15,17-19,23,26-27,30,36H,6-9,16,20-22H2,1-5H3/t26-,27?,30+,36?/m0/s1. The van der Waals surface area contributed by atoms with E-state index in [0.717, 1.165) is 78.7 Å². The Morgan fingerprint density at radius 3 is 2.57 bits per heavy atom. The van der Waals surface area contributed by atoms with Crippen LogP contribution in [0.5, 0.6) is 0 Å². The Morgan fingerprint density at radius 1 is 0.978 bits per heavy atom. The summed E-state index contributed by atoms with van der Waals surface area (Å²) in [5.74, 6) is 0. The third kappa shape index (κ3) is 5.71. The third-order valence-corrected chi connectivity index (χ3v) is 10.3. The van der Waals surface area contributed by atoms with E-state index in [4.69, 9.17) is 9.84 Å². The van der Waals surface area contributed by atoms with Crippen molar-refractivity contribution in [3.63, 3.8) is 0 Å². The normalized spacial score (nSPS) is 21.7. The van der Waals surface area contributed by atoms with Gasteiger partial charge in [-0.05, 0) is 87.8 Å². The number of rotatable bonds is 7. The van der Waals surface area contributed by atoms with E-state index < -0.39 is 0 Å². The largest absolute Gasteiger partial charge is 0.364 e. The van der Waals surface area contributed by atoms with Crippen molar-refractivity contribution in [2.45, 2.75) is 91.2 Å². The fourth-order valence-corrected chi connectivity index (χ4v) is 7.36. The molecule has 9 nitrogen and oxygen atoms in total. The van der Waals surface area contributed by atoms with Gasteiger partial charge in [-0.3, -0.25) is 19.7 Å². The van der Waals surface area contributed by atoms with Crippen LogP contribution in [0.15, 0.2) is 65.8 Å². The number of hydrogen-bond donors (Lipinski definition) is 0. The number of ether oxygens (including phenoxy) is 1. The van der Waals surface area contributed by atoms with E-state index in [1.54, 1.807) is 12.4 Å².